The van der Waals surface area contributed by atoms with Crippen LogP contribution >= 0.6 is 0 Å². The minimum atomic E-state index is -0.917. The molecule has 0 aliphatic carbocycles. The first-order chi connectivity index (χ1) is 7.61. The van der Waals surface area contributed by atoms with E-state index in [2.05, 4.69) is 10.3 Å². The fourth-order valence-electron chi connectivity index (χ4n) is 1.69. The molecule has 0 aliphatic heterocycles. The lowest BCUT2D eigenvalue weighted by atomic mass is 10.1. The van der Waals surface area contributed by atoms with E-state index < -0.39 is 5.97 Å². The van der Waals surface area contributed by atoms with E-state index in [1.807, 2.05) is 13.0 Å². The largest absolute Gasteiger partial charge is 0.478 e. The number of hydrogen-bond acceptors (Lipinski definition) is 3. The average Bonchev–Trinajstić information content (AvgIpc) is 2.28. The van der Waals surface area contributed by atoms with E-state index in [-0.39, 0.29) is 0 Å². The monoisotopic (exact) mass is 216 g/mol. The number of fused-ring (bicyclic) bond motifs is 1. The Morgan fingerprint density at radius 3 is 2.75 bits per heavy atom. The predicted octanol–water partition coefficient (Wildman–Crippen LogP) is 2.28. The molecule has 1 aromatic carbocycles. The molecule has 1 aromatic heterocycles. The maximum absolute atomic E-state index is 10.9. The van der Waals surface area contributed by atoms with Crippen LogP contribution in [-0.4, -0.2) is 23.1 Å². The van der Waals surface area contributed by atoms with E-state index in [0.29, 0.717) is 5.56 Å². The molecule has 4 nitrogen and oxygen atoms in total. The highest BCUT2D eigenvalue weighted by atomic mass is 16.4. The summed E-state index contributed by atoms with van der Waals surface area (Å²) in [6.45, 7) is 1.86. The number of nitrogens with one attached hydrogen (secondary N) is 1. The fraction of sp³-hybridized carbons (Fsp3) is 0.167. The molecule has 0 amide bonds. The van der Waals surface area contributed by atoms with Crippen LogP contribution in [0.3, 0.4) is 0 Å². The van der Waals surface area contributed by atoms with Crippen molar-refractivity contribution >= 4 is 22.6 Å². The molecule has 0 aliphatic rings. The Kier molecular flexibility index (Phi) is 2.48. The van der Waals surface area contributed by atoms with Crippen molar-refractivity contribution in [1.82, 2.24) is 4.98 Å². The molecule has 0 bridgehead atoms. The van der Waals surface area contributed by atoms with Gasteiger partial charge in [0.2, 0.25) is 0 Å². The van der Waals surface area contributed by atoms with Crippen LogP contribution in [0.4, 0.5) is 5.69 Å². The molecule has 2 rings (SSSR count). The van der Waals surface area contributed by atoms with Gasteiger partial charge in [0, 0.05) is 12.4 Å². The van der Waals surface area contributed by atoms with Crippen LogP contribution in [0.1, 0.15) is 15.9 Å². The van der Waals surface area contributed by atoms with Gasteiger partial charge in [0.25, 0.3) is 0 Å². The highest BCUT2D eigenvalue weighted by molar-refractivity contribution is 5.95. The van der Waals surface area contributed by atoms with Gasteiger partial charge in [-0.05, 0) is 30.7 Å². The van der Waals surface area contributed by atoms with Crippen molar-refractivity contribution in [3.8, 4) is 0 Å². The third kappa shape index (κ3) is 1.69. The molecule has 2 aromatic rings. The van der Waals surface area contributed by atoms with E-state index in [9.17, 15) is 4.79 Å². The van der Waals surface area contributed by atoms with Crippen molar-refractivity contribution < 1.29 is 9.90 Å². The molecule has 1 heterocycles. The molecule has 82 valence electrons. The van der Waals surface area contributed by atoms with E-state index in [1.165, 1.54) is 0 Å². The number of benzene rings is 1. The van der Waals surface area contributed by atoms with Crippen molar-refractivity contribution in [3.05, 3.63) is 35.5 Å². The summed E-state index contributed by atoms with van der Waals surface area (Å²) < 4.78 is 0. The standard InChI is InChI=1S/C12H12N2O2/c1-7-3-9(12(15)16)4-8-5-10(13-2)6-14-11(7)8/h3-6,13H,1-2H3,(H,15,16). The first-order valence-electron chi connectivity index (χ1n) is 4.93. The molecule has 0 spiro atoms. The molecule has 2 N–H and O–H groups in total. The molecule has 0 fully saturated rings. The third-order valence-electron chi connectivity index (χ3n) is 2.51. The fourth-order valence-corrected chi connectivity index (χ4v) is 1.69. The van der Waals surface area contributed by atoms with E-state index in [0.717, 1.165) is 22.2 Å². The van der Waals surface area contributed by atoms with Crippen molar-refractivity contribution in [2.24, 2.45) is 0 Å². The lowest BCUT2D eigenvalue weighted by Crippen LogP contribution is -1.98. The number of carboxylic acid groups (broad SMARTS) is 1. The molecule has 0 saturated carbocycles. The second-order valence-corrected chi connectivity index (χ2v) is 3.64. The number of rotatable bonds is 2. The number of hydrogen-bond donors (Lipinski definition) is 2. The highest BCUT2D eigenvalue weighted by Gasteiger charge is 2.07. The summed E-state index contributed by atoms with van der Waals surface area (Å²) in [4.78, 5) is 15.2. The number of aromatic nitrogens is 1. The van der Waals surface area contributed by atoms with Crippen LogP contribution in [-0.2, 0) is 0 Å². The number of nitrogens with zero attached hydrogens (tertiary/aromatic N) is 1. The van der Waals surface area contributed by atoms with Crippen LogP contribution in [0, 0.1) is 6.92 Å². The first-order valence-corrected chi connectivity index (χ1v) is 4.93. The summed E-state index contributed by atoms with van der Waals surface area (Å²) in [7, 11) is 1.80. The van der Waals surface area contributed by atoms with Crippen molar-refractivity contribution in [2.75, 3.05) is 12.4 Å². The zero-order valence-corrected chi connectivity index (χ0v) is 9.11. The smallest absolute Gasteiger partial charge is 0.335 e. The number of anilines is 1. The van der Waals surface area contributed by atoms with Gasteiger partial charge in [-0.2, -0.15) is 0 Å². The van der Waals surface area contributed by atoms with Gasteiger partial charge in [-0.25, -0.2) is 4.79 Å². The zero-order chi connectivity index (χ0) is 11.7. The molecule has 0 saturated heterocycles. The Morgan fingerprint density at radius 1 is 1.38 bits per heavy atom. The maximum Gasteiger partial charge on any atom is 0.335 e. The van der Waals surface area contributed by atoms with Crippen LogP contribution < -0.4 is 5.32 Å². The number of pyridine rings is 1. The van der Waals surface area contributed by atoms with Crippen LogP contribution in [0.5, 0.6) is 0 Å². The lowest BCUT2D eigenvalue weighted by molar-refractivity contribution is 0.0697. The van der Waals surface area contributed by atoms with Crippen LogP contribution in [0.15, 0.2) is 24.4 Å². The van der Waals surface area contributed by atoms with Gasteiger partial charge in [-0.3, -0.25) is 4.98 Å². The lowest BCUT2D eigenvalue weighted by Gasteiger charge is -2.06. The Labute approximate surface area is 92.9 Å². The molecular formula is C12H12N2O2. The topological polar surface area (TPSA) is 62.2 Å². The molecule has 0 unspecified atom stereocenters. The predicted molar refractivity (Wildman–Crippen MR) is 63.0 cm³/mol. The Hall–Kier alpha value is -2.10. The summed E-state index contributed by atoms with van der Waals surface area (Å²) >= 11 is 0. The molecule has 4 heteroatoms. The average molecular weight is 216 g/mol. The number of aryl methyl sites for hydroxylation is 1. The number of carboxylic acids is 1. The van der Waals surface area contributed by atoms with Crippen LogP contribution in [0.25, 0.3) is 10.9 Å². The van der Waals surface area contributed by atoms with E-state index >= 15 is 0 Å². The summed E-state index contributed by atoms with van der Waals surface area (Å²) in [5, 5.41) is 12.8. The SMILES string of the molecule is CNc1cnc2c(C)cc(C(=O)O)cc2c1. The van der Waals surface area contributed by atoms with Crippen molar-refractivity contribution in [2.45, 2.75) is 6.92 Å². The van der Waals surface area contributed by atoms with Crippen molar-refractivity contribution in [3.63, 3.8) is 0 Å². The van der Waals surface area contributed by atoms with Gasteiger partial charge in [0.1, 0.15) is 0 Å². The van der Waals surface area contributed by atoms with E-state index in [1.54, 1.807) is 25.4 Å². The maximum atomic E-state index is 10.9. The summed E-state index contributed by atoms with van der Waals surface area (Å²) in [5.41, 5.74) is 2.87. The summed E-state index contributed by atoms with van der Waals surface area (Å²) in [6, 6.07) is 5.16. The minimum Gasteiger partial charge on any atom is -0.478 e. The zero-order valence-electron chi connectivity index (χ0n) is 9.11. The minimum absolute atomic E-state index is 0.292. The normalized spacial score (nSPS) is 10.4. The van der Waals surface area contributed by atoms with Gasteiger partial charge in [-0.1, -0.05) is 0 Å². The molecule has 16 heavy (non-hydrogen) atoms. The third-order valence-corrected chi connectivity index (χ3v) is 2.51. The van der Waals surface area contributed by atoms with Crippen LogP contribution in [0.2, 0.25) is 0 Å². The van der Waals surface area contributed by atoms with Gasteiger partial charge in [0.05, 0.1) is 23.0 Å². The number of carbonyl (C=O) groups is 1. The van der Waals surface area contributed by atoms with Crippen molar-refractivity contribution in [1.29, 1.82) is 0 Å². The van der Waals surface area contributed by atoms with Gasteiger partial charge < -0.3 is 10.4 Å². The second-order valence-electron chi connectivity index (χ2n) is 3.64. The summed E-state index contributed by atoms with van der Waals surface area (Å²) in [6.07, 6.45) is 1.73. The highest BCUT2D eigenvalue weighted by Crippen LogP contribution is 2.21. The molecule has 0 radical (unpaired) electrons. The van der Waals surface area contributed by atoms with Gasteiger partial charge in [0.15, 0.2) is 0 Å². The number of aromatic carboxylic acids is 1. The quantitative estimate of drug-likeness (QED) is 0.808. The second kappa shape index (κ2) is 3.81. The molecule has 0 atom stereocenters. The van der Waals surface area contributed by atoms with Gasteiger partial charge in [-0.15, -0.1) is 0 Å². The Bertz CT molecular complexity index is 564. The first kappa shape index (κ1) is 10.4. The van der Waals surface area contributed by atoms with Gasteiger partial charge >= 0.3 is 5.97 Å². The summed E-state index contributed by atoms with van der Waals surface area (Å²) in [5.74, 6) is -0.917. The molecular weight excluding hydrogens is 204 g/mol. The Balaban J connectivity index is 2.72. The van der Waals surface area contributed by atoms with E-state index in [4.69, 9.17) is 5.11 Å². The Morgan fingerprint density at radius 2 is 2.12 bits per heavy atom.